The molecule has 2 aliphatic rings. The largest absolute Gasteiger partial charge is 0.376 e. The van der Waals surface area contributed by atoms with Gasteiger partial charge < -0.3 is 15.4 Å². The summed E-state index contributed by atoms with van der Waals surface area (Å²) in [6.45, 7) is 3.14. The Labute approximate surface area is 185 Å². The molecule has 0 saturated carbocycles. The molecule has 1 fully saturated rings. The number of halogens is 1. The number of ether oxygens (including phenoxy) is 1. The maximum Gasteiger partial charge on any atom is 0.283 e. The number of rotatable bonds is 6. The molecule has 7 nitrogen and oxygen atoms in total. The Morgan fingerprint density at radius 2 is 1.81 bits per heavy atom. The summed E-state index contributed by atoms with van der Waals surface area (Å²) < 4.78 is 5.50. The number of aryl methyl sites for hydroxylation is 1. The van der Waals surface area contributed by atoms with Crippen molar-refractivity contribution in [2.45, 2.75) is 25.9 Å². The molecule has 0 aromatic heterocycles. The average molecular weight is 440 g/mol. The van der Waals surface area contributed by atoms with E-state index in [9.17, 15) is 14.4 Å². The van der Waals surface area contributed by atoms with Crippen LogP contribution in [0.3, 0.4) is 0 Å². The van der Waals surface area contributed by atoms with Crippen LogP contribution in [0, 0.1) is 6.92 Å². The van der Waals surface area contributed by atoms with Crippen molar-refractivity contribution in [3.8, 4) is 0 Å². The number of hydrogen-bond donors (Lipinski definition) is 2. The highest BCUT2D eigenvalue weighted by molar-refractivity contribution is 6.53. The van der Waals surface area contributed by atoms with Crippen LogP contribution in [-0.2, 0) is 14.3 Å². The predicted molar refractivity (Wildman–Crippen MR) is 118 cm³/mol. The summed E-state index contributed by atoms with van der Waals surface area (Å²) in [7, 11) is 0. The van der Waals surface area contributed by atoms with Crippen molar-refractivity contribution >= 4 is 40.7 Å². The molecule has 0 radical (unpaired) electrons. The Hall–Kier alpha value is -3.16. The second kappa shape index (κ2) is 8.91. The van der Waals surface area contributed by atoms with Crippen molar-refractivity contribution in [3.05, 3.63) is 70.4 Å². The molecule has 4 rings (SSSR count). The molecule has 8 heteroatoms. The Balaban J connectivity index is 1.42. The minimum absolute atomic E-state index is 0.00262. The van der Waals surface area contributed by atoms with Crippen LogP contribution in [-0.4, -0.2) is 37.0 Å². The lowest BCUT2D eigenvalue weighted by Crippen LogP contribution is -2.32. The highest BCUT2D eigenvalue weighted by atomic mass is 35.5. The highest BCUT2D eigenvalue weighted by Gasteiger charge is 2.38. The van der Waals surface area contributed by atoms with E-state index >= 15 is 0 Å². The smallest absolute Gasteiger partial charge is 0.283 e. The molecular formula is C23H22ClN3O4. The van der Waals surface area contributed by atoms with Gasteiger partial charge in [0, 0.05) is 24.4 Å². The number of nitrogens with one attached hydrogen (secondary N) is 2. The number of benzene rings is 2. The third kappa shape index (κ3) is 4.47. The van der Waals surface area contributed by atoms with Gasteiger partial charge in [0.2, 0.25) is 0 Å². The molecule has 3 amide bonds. The summed E-state index contributed by atoms with van der Waals surface area (Å²) in [6.07, 6.45) is 2.04. The van der Waals surface area contributed by atoms with Crippen molar-refractivity contribution in [1.29, 1.82) is 0 Å². The van der Waals surface area contributed by atoms with Gasteiger partial charge in [-0.3, -0.25) is 14.4 Å². The van der Waals surface area contributed by atoms with Crippen molar-refractivity contribution in [1.82, 2.24) is 5.32 Å². The highest BCUT2D eigenvalue weighted by Crippen LogP contribution is 2.30. The van der Waals surface area contributed by atoms with Gasteiger partial charge in [-0.1, -0.05) is 29.3 Å². The van der Waals surface area contributed by atoms with E-state index in [0.717, 1.165) is 29.9 Å². The summed E-state index contributed by atoms with van der Waals surface area (Å²) in [4.78, 5) is 38.7. The fourth-order valence-electron chi connectivity index (χ4n) is 3.50. The third-order valence-corrected chi connectivity index (χ3v) is 5.60. The second-order valence-corrected chi connectivity index (χ2v) is 7.90. The van der Waals surface area contributed by atoms with E-state index in [4.69, 9.17) is 16.3 Å². The minimum atomic E-state index is -0.580. The van der Waals surface area contributed by atoms with E-state index in [-0.39, 0.29) is 22.7 Å². The molecule has 1 unspecified atom stereocenters. The molecule has 0 bridgehead atoms. The standard InChI is InChI=1S/C23H22ClN3O4/c1-14-4-10-17(11-5-14)27-22(29)19(24)20(23(27)30)26-16-8-6-15(7-9-16)21(28)25-13-18-3-2-12-31-18/h4-11,18,26H,2-3,12-13H2,1H3,(H,25,28). The number of imide groups is 1. The van der Waals surface area contributed by atoms with Gasteiger partial charge in [-0.15, -0.1) is 0 Å². The zero-order valence-corrected chi connectivity index (χ0v) is 17.7. The van der Waals surface area contributed by atoms with E-state index < -0.39 is 11.8 Å². The molecule has 31 heavy (non-hydrogen) atoms. The Kier molecular flexibility index (Phi) is 6.06. The van der Waals surface area contributed by atoms with Crippen LogP contribution in [0.1, 0.15) is 28.8 Å². The Morgan fingerprint density at radius 1 is 1.10 bits per heavy atom. The molecule has 160 valence electrons. The monoisotopic (exact) mass is 439 g/mol. The maximum absolute atomic E-state index is 12.8. The van der Waals surface area contributed by atoms with Gasteiger partial charge in [0.1, 0.15) is 10.7 Å². The fraction of sp³-hybridized carbons (Fsp3) is 0.261. The molecule has 2 aliphatic heterocycles. The first-order valence-electron chi connectivity index (χ1n) is 10.1. The van der Waals surface area contributed by atoms with Crippen molar-refractivity contribution < 1.29 is 19.1 Å². The fourth-order valence-corrected chi connectivity index (χ4v) is 3.72. The van der Waals surface area contributed by atoms with E-state index in [1.165, 1.54) is 0 Å². The van der Waals surface area contributed by atoms with Gasteiger partial charge in [0.15, 0.2) is 0 Å². The molecule has 1 saturated heterocycles. The molecule has 1 atom stereocenters. The topological polar surface area (TPSA) is 87.7 Å². The quantitative estimate of drug-likeness (QED) is 0.674. The normalized spacial score (nSPS) is 18.6. The SMILES string of the molecule is Cc1ccc(N2C(=O)C(Cl)=C(Nc3ccc(C(=O)NCC4CCCO4)cc3)C2=O)cc1. The number of hydrogen-bond acceptors (Lipinski definition) is 5. The molecule has 2 aromatic rings. The van der Waals surface area contributed by atoms with E-state index in [0.29, 0.717) is 23.5 Å². The van der Waals surface area contributed by atoms with Crippen LogP contribution in [0.5, 0.6) is 0 Å². The summed E-state index contributed by atoms with van der Waals surface area (Å²) >= 11 is 6.16. The van der Waals surface area contributed by atoms with Gasteiger partial charge >= 0.3 is 0 Å². The van der Waals surface area contributed by atoms with Crippen molar-refractivity contribution in [2.24, 2.45) is 0 Å². The lowest BCUT2D eigenvalue weighted by atomic mass is 10.1. The van der Waals surface area contributed by atoms with Crippen LogP contribution < -0.4 is 15.5 Å². The number of carbonyl (C=O) groups excluding carboxylic acids is 3. The molecular weight excluding hydrogens is 418 g/mol. The van der Waals surface area contributed by atoms with Crippen LogP contribution in [0.15, 0.2) is 59.3 Å². The number of amides is 3. The third-order valence-electron chi connectivity index (χ3n) is 5.25. The van der Waals surface area contributed by atoms with Crippen molar-refractivity contribution in [2.75, 3.05) is 23.4 Å². The molecule has 0 spiro atoms. The zero-order valence-electron chi connectivity index (χ0n) is 17.0. The maximum atomic E-state index is 12.8. The van der Waals surface area contributed by atoms with Gasteiger partial charge in [-0.2, -0.15) is 0 Å². The van der Waals surface area contributed by atoms with Gasteiger partial charge in [-0.25, -0.2) is 4.90 Å². The van der Waals surface area contributed by atoms with Crippen LogP contribution in [0.4, 0.5) is 11.4 Å². The van der Waals surface area contributed by atoms with Crippen LogP contribution in [0.2, 0.25) is 0 Å². The van der Waals surface area contributed by atoms with E-state index in [2.05, 4.69) is 10.6 Å². The molecule has 2 aromatic carbocycles. The van der Waals surface area contributed by atoms with Gasteiger partial charge in [0.25, 0.3) is 17.7 Å². The van der Waals surface area contributed by atoms with E-state index in [1.54, 1.807) is 36.4 Å². The Morgan fingerprint density at radius 3 is 2.45 bits per heavy atom. The number of anilines is 2. The van der Waals surface area contributed by atoms with Crippen LogP contribution >= 0.6 is 11.6 Å². The minimum Gasteiger partial charge on any atom is -0.376 e. The lowest BCUT2D eigenvalue weighted by Gasteiger charge is -2.15. The summed E-state index contributed by atoms with van der Waals surface area (Å²) in [5.74, 6) is -1.31. The Bertz CT molecular complexity index is 1040. The summed E-state index contributed by atoms with van der Waals surface area (Å²) in [5, 5.41) is 5.59. The number of nitrogens with zero attached hydrogens (tertiary/aromatic N) is 1. The summed E-state index contributed by atoms with van der Waals surface area (Å²) in [6, 6.07) is 13.6. The zero-order chi connectivity index (χ0) is 22.0. The first kappa shape index (κ1) is 21.1. The first-order chi connectivity index (χ1) is 14.9. The van der Waals surface area contributed by atoms with Gasteiger partial charge in [-0.05, 0) is 56.2 Å². The molecule has 0 aliphatic carbocycles. The predicted octanol–water partition coefficient (Wildman–Crippen LogP) is 3.34. The van der Waals surface area contributed by atoms with E-state index in [1.807, 2.05) is 19.1 Å². The second-order valence-electron chi connectivity index (χ2n) is 7.52. The molecule has 2 N–H and O–H groups in total. The summed E-state index contributed by atoms with van der Waals surface area (Å²) in [5.41, 5.74) is 2.49. The van der Waals surface area contributed by atoms with Gasteiger partial charge in [0.05, 0.1) is 11.8 Å². The average Bonchev–Trinajstić information content (AvgIpc) is 3.37. The first-order valence-corrected chi connectivity index (χ1v) is 10.4. The number of carbonyl (C=O) groups is 3. The lowest BCUT2D eigenvalue weighted by molar-refractivity contribution is -0.120. The van der Waals surface area contributed by atoms with Crippen LogP contribution in [0.25, 0.3) is 0 Å². The van der Waals surface area contributed by atoms with Crippen molar-refractivity contribution in [3.63, 3.8) is 0 Å². The molecule has 2 heterocycles.